The van der Waals surface area contributed by atoms with Crippen LogP contribution in [-0.2, 0) is 32.5 Å². The topological polar surface area (TPSA) is 152 Å². The fourth-order valence-corrected chi connectivity index (χ4v) is 4.59. The van der Waals surface area contributed by atoms with Gasteiger partial charge in [-0.25, -0.2) is 9.36 Å². The van der Waals surface area contributed by atoms with Crippen molar-refractivity contribution in [2.75, 3.05) is 40.9 Å². The third-order valence-corrected chi connectivity index (χ3v) is 7.37. The predicted octanol–water partition coefficient (Wildman–Crippen LogP) is 6.81. The normalized spacial score (nSPS) is 13.4. The van der Waals surface area contributed by atoms with Gasteiger partial charge in [0.25, 0.3) is 0 Å². The van der Waals surface area contributed by atoms with Crippen LogP contribution in [0.15, 0.2) is 0 Å². The largest absolute Gasteiger partial charge is 0.754 e. The molecule has 0 radical (unpaired) electrons. The minimum Gasteiger partial charge on any atom is -0.754 e. The van der Waals surface area contributed by atoms with E-state index in [2.05, 4.69) is 25.5 Å². The molecule has 0 saturated heterocycles. The highest BCUT2D eigenvalue weighted by Crippen LogP contribution is 2.38. The number of hydrogen-bond acceptors (Lipinski definition) is 8. The third-order valence-electron chi connectivity index (χ3n) is 6.01. The van der Waals surface area contributed by atoms with Crippen molar-refractivity contribution >= 4 is 21.6 Å². The van der Waals surface area contributed by atoms with Gasteiger partial charge < -0.3 is 23.7 Å². The van der Waals surface area contributed by atoms with Gasteiger partial charge in [0, 0.05) is 6.42 Å². The summed E-state index contributed by atoms with van der Waals surface area (Å²) in [5.41, 5.74) is 0. The molecule has 0 rings (SSSR count). The van der Waals surface area contributed by atoms with Gasteiger partial charge in [0.15, 0.2) is 0 Å². The van der Waals surface area contributed by atoms with Crippen molar-refractivity contribution in [2.24, 2.45) is 0 Å². The van der Waals surface area contributed by atoms with Crippen molar-refractivity contribution in [1.82, 2.24) is 0 Å². The molecule has 2 N–H and O–H groups in total. The molecule has 0 bridgehead atoms. The van der Waals surface area contributed by atoms with Gasteiger partial charge in [0.05, 0.1) is 27.7 Å². The first-order valence-corrected chi connectivity index (χ1v) is 18.1. The lowest BCUT2D eigenvalue weighted by Crippen LogP contribution is -2.37. The van der Waals surface area contributed by atoms with E-state index in [9.17, 15) is 18.8 Å². The smallest absolute Gasteiger partial charge is 0.469 e. The molecular weight excluding hydrogens is 560 g/mol. The summed E-state index contributed by atoms with van der Waals surface area (Å²) in [5.74, 6) is -0.679. The molecule has 0 aliphatic rings. The third kappa shape index (κ3) is 37.6. The van der Waals surface area contributed by atoms with Crippen molar-refractivity contribution in [3.8, 4) is 0 Å². The molecule has 242 valence electrons. The Hall–Kier alpha value is -0.350. The molecule has 11 nitrogen and oxygen atoms in total. The molecule has 13 heteroatoms. The van der Waals surface area contributed by atoms with Gasteiger partial charge in [-0.3, -0.25) is 14.0 Å². The summed E-state index contributed by atoms with van der Waals surface area (Å²) in [7, 11) is -3.02. The molecule has 0 aromatic heterocycles. The number of nitrogens with zero attached hydrogens (tertiary/aromatic N) is 1. The second-order valence-electron chi connectivity index (χ2n) is 11.1. The van der Waals surface area contributed by atoms with E-state index in [0.29, 0.717) is 17.4 Å². The molecule has 0 saturated carbocycles. The van der Waals surface area contributed by atoms with Gasteiger partial charge in [-0.15, -0.1) is 4.67 Å². The van der Waals surface area contributed by atoms with E-state index in [4.69, 9.17) is 9.79 Å². The van der Waals surface area contributed by atoms with Crippen LogP contribution < -0.4 is 4.89 Å². The van der Waals surface area contributed by atoms with Crippen LogP contribution in [0.2, 0.25) is 0 Å². The molecule has 0 aromatic rings. The summed E-state index contributed by atoms with van der Waals surface area (Å²) in [6.07, 6.45) is 21.8. The first-order chi connectivity index (χ1) is 18.7. The van der Waals surface area contributed by atoms with E-state index in [1.165, 1.54) is 96.8 Å². The average molecular weight is 620 g/mol. The molecule has 0 heterocycles. The first kappa shape index (κ1) is 41.8. The molecule has 0 fully saturated rings. The maximum atomic E-state index is 11.4. The van der Waals surface area contributed by atoms with Crippen LogP contribution in [0.25, 0.3) is 0 Å². The number of carbonyl (C=O) groups excluding carboxylic acids is 1. The fourth-order valence-electron chi connectivity index (χ4n) is 3.74. The summed E-state index contributed by atoms with van der Waals surface area (Å²) in [4.78, 5) is 43.3. The zero-order valence-corrected chi connectivity index (χ0v) is 27.6. The molecule has 1 unspecified atom stereocenters. The number of rotatable bonds is 26. The highest BCUT2D eigenvalue weighted by atomic mass is 31.2. The van der Waals surface area contributed by atoms with E-state index < -0.39 is 21.6 Å². The second kappa shape index (κ2) is 26.3. The zero-order chi connectivity index (χ0) is 30.8. The molecule has 0 aliphatic carbocycles. The molecular formula is C27H59NO10P2. The molecule has 0 aliphatic heterocycles. The summed E-state index contributed by atoms with van der Waals surface area (Å²) in [5, 5.41) is 0. The summed E-state index contributed by atoms with van der Waals surface area (Å²) in [6.45, 7) is 4.36. The van der Waals surface area contributed by atoms with Gasteiger partial charge in [-0.1, -0.05) is 110 Å². The van der Waals surface area contributed by atoms with Crippen LogP contribution in [-0.4, -0.2) is 61.1 Å². The van der Waals surface area contributed by atoms with E-state index in [1.54, 1.807) is 0 Å². The number of phosphoric acid groups is 2. The number of quaternary nitrogens is 1. The van der Waals surface area contributed by atoms with Crippen LogP contribution in [0, 0.1) is 0 Å². The lowest BCUT2D eigenvalue weighted by atomic mass is 10.0. The van der Waals surface area contributed by atoms with E-state index in [1.807, 2.05) is 21.1 Å². The van der Waals surface area contributed by atoms with Crippen molar-refractivity contribution < 1.29 is 51.7 Å². The number of phosphoric ester groups is 2. The van der Waals surface area contributed by atoms with Gasteiger partial charge in [0.2, 0.25) is 0 Å². The lowest BCUT2D eigenvalue weighted by molar-refractivity contribution is -0.870. The number of carbonyl (C=O) groups is 1. The van der Waals surface area contributed by atoms with Crippen molar-refractivity contribution in [2.45, 2.75) is 129 Å². The van der Waals surface area contributed by atoms with Crippen LogP contribution >= 0.6 is 15.6 Å². The van der Waals surface area contributed by atoms with Crippen LogP contribution in [0.5, 0.6) is 0 Å². The second-order valence-corrected chi connectivity index (χ2v) is 13.7. The maximum Gasteiger partial charge on any atom is 0.469 e. The van der Waals surface area contributed by atoms with Crippen molar-refractivity contribution in [3.63, 3.8) is 0 Å². The first-order valence-electron chi connectivity index (χ1n) is 15.1. The standard InChI is InChI=1S/C22H45O6P.C5H14NO4P/c1-3-5-6-7-8-9-10-11-12-13-14-15-16-17-18-19-20-21-22(23)27-28-29(24,25)26-4-2;1-6(2,3)4-5-10-11(7,8)9/h3-21H2,1-2H3,(H,24,25);4-5H2,1-3H3,(H-,7,8,9). The lowest BCUT2D eigenvalue weighted by Gasteiger charge is -2.23. The monoisotopic (exact) mass is 619 g/mol. The van der Waals surface area contributed by atoms with Gasteiger partial charge in [0.1, 0.15) is 13.2 Å². The van der Waals surface area contributed by atoms with E-state index >= 15 is 0 Å². The Bertz CT molecular complexity index is 683. The minimum atomic E-state index is -4.52. The molecule has 0 aromatic carbocycles. The number of likely N-dealkylation sites (N-methyl/N-ethyl adjacent to an activating group) is 1. The minimum absolute atomic E-state index is 0.0580. The van der Waals surface area contributed by atoms with Gasteiger partial charge in [-0.05, 0) is 13.3 Å². The Morgan fingerprint density at radius 3 is 1.45 bits per heavy atom. The Kier molecular flexibility index (Phi) is 27.5. The quantitative estimate of drug-likeness (QED) is 0.0347. The Morgan fingerprint density at radius 1 is 0.700 bits per heavy atom. The number of hydrogen-bond donors (Lipinski definition) is 2. The summed E-state index contributed by atoms with van der Waals surface area (Å²) >= 11 is 0. The van der Waals surface area contributed by atoms with E-state index in [-0.39, 0.29) is 19.6 Å². The average Bonchev–Trinajstić information content (AvgIpc) is 2.83. The van der Waals surface area contributed by atoms with Gasteiger partial charge in [-0.2, -0.15) is 0 Å². The van der Waals surface area contributed by atoms with Crippen molar-refractivity contribution in [3.05, 3.63) is 0 Å². The highest BCUT2D eigenvalue weighted by Gasteiger charge is 2.16. The van der Waals surface area contributed by atoms with Crippen LogP contribution in [0.4, 0.5) is 0 Å². The molecule has 40 heavy (non-hydrogen) atoms. The van der Waals surface area contributed by atoms with Gasteiger partial charge >= 0.3 is 21.6 Å². The molecule has 0 amide bonds. The molecule has 1 atom stereocenters. The Morgan fingerprint density at radius 2 is 1.10 bits per heavy atom. The van der Waals surface area contributed by atoms with Crippen LogP contribution in [0.1, 0.15) is 129 Å². The van der Waals surface area contributed by atoms with Crippen LogP contribution in [0.3, 0.4) is 0 Å². The fraction of sp³-hybridized carbons (Fsp3) is 0.963. The summed E-state index contributed by atoms with van der Waals surface area (Å²) in [6, 6.07) is 0. The zero-order valence-electron chi connectivity index (χ0n) is 25.9. The van der Waals surface area contributed by atoms with E-state index in [0.717, 1.165) is 12.8 Å². The number of unbranched alkanes of at least 4 members (excludes halogenated alkanes) is 16. The molecule has 0 spiro atoms. The van der Waals surface area contributed by atoms with Crippen molar-refractivity contribution in [1.29, 1.82) is 0 Å². The maximum absolute atomic E-state index is 11.4. The SMILES string of the molecule is CCCCCCCCCCCCCCCCCCCC(=O)OOP(=O)([O-])OCC.C[N+](C)(C)CCOP(=O)(O)O. The Balaban J connectivity index is 0. The summed E-state index contributed by atoms with van der Waals surface area (Å²) < 4.78 is 34.5. The highest BCUT2D eigenvalue weighted by molar-refractivity contribution is 7.46. The Labute approximate surface area is 243 Å². The predicted molar refractivity (Wildman–Crippen MR) is 156 cm³/mol.